The van der Waals surface area contributed by atoms with Crippen LogP contribution in [0.1, 0.15) is 51.4 Å². The van der Waals surface area contributed by atoms with Gasteiger partial charge in [0.15, 0.2) is 0 Å². The Morgan fingerprint density at radius 3 is 2.39 bits per heavy atom. The van der Waals surface area contributed by atoms with Gasteiger partial charge in [-0.05, 0) is 25.7 Å². The van der Waals surface area contributed by atoms with Crippen molar-refractivity contribution in [1.29, 1.82) is 0 Å². The van der Waals surface area contributed by atoms with Gasteiger partial charge in [-0.3, -0.25) is 4.79 Å². The summed E-state index contributed by atoms with van der Waals surface area (Å²) < 4.78 is 5.73. The lowest BCUT2D eigenvalue weighted by atomic mass is 9.93. The van der Waals surface area contributed by atoms with Crippen molar-refractivity contribution >= 4 is 5.91 Å². The van der Waals surface area contributed by atoms with Crippen molar-refractivity contribution in [3.63, 3.8) is 0 Å². The van der Waals surface area contributed by atoms with E-state index in [1.165, 1.54) is 25.7 Å². The van der Waals surface area contributed by atoms with Crippen LogP contribution < -0.4 is 5.73 Å². The highest BCUT2D eigenvalue weighted by Gasteiger charge is 2.24. The van der Waals surface area contributed by atoms with Crippen molar-refractivity contribution in [3.05, 3.63) is 0 Å². The Morgan fingerprint density at radius 2 is 1.72 bits per heavy atom. The Labute approximate surface area is 110 Å². The van der Waals surface area contributed by atoms with Gasteiger partial charge in [0.05, 0.1) is 6.10 Å². The number of hydrogen-bond acceptors (Lipinski definition) is 3. The number of rotatable bonds is 3. The van der Waals surface area contributed by atoms with Crippen molar-refractivity contribution in [2.45, 2.75) is 63.5 Å². The molecule has 2 fully saturated rings. The fraction of sp³-hybridized carbons (Fsp3) is 0.929. The second-order valence-electron chi connectivity index (χ2n) is 5.59. The highest BCUT2D eigenvalue weighted by molar-refractivity contribution is 5.77. The second-order valence-corrected chi connectivity index (χ2v) is 5.59. The van der Waals surface area contributed by atoms with E-state index in [9.17, 15) is 4.79 Å². The van der Waals surface area contributed by atoms with E-state index in [4.69, 9.17) is 10.5 Å². The van der Waals surface area contributed by atoms with E-state index in [0.717, 1.165) is 38.8 Å². The number of amides is 1. The Morgan fingerprint density at radius 1 is 1.06 bits per heavy atom. The average molecular weight is 254 g/mol. The van der Waals surface area contributed by atoms with Gasteiger partial charge < -0.3 is 15.4 Å². The zero-order valence-corrected chi connectivity index (χ0v) is 11.3. The minimum absolute atomic E-state index is 0.0923. The first kappa shape index (κ1) is 13.8. The fourth-order valence-corrected chi connectivity index (χ4v) is 2.92. The topological polar surface area (TPSA) is 55.6 Å². The quantitative estimate of drug-likeness (QED) is 0.833. The molecule has 1 aliphatic heterocycles. The van der Waals surface area contributed by atoms with Crippen LogP contribution in [-0.2, 0) is 9.53 Å². The number of likely N-dealkylation sites (tertiary alicyclic amines) is 1. The van der Waals surface area contributed by atoms with E-state index < -0.39 is 0 Å². The minimum atomic E-state index is 0.0923. The number of nitrogens with zero attached hydrogens (tertiary/aromatic N) is 1. The first-order valence-electron chi connectivity index (χ1n) is 7.42. The van der Waals surface area contributed by atoms with Crippen molar-refractivity contribution in [1.82, 2.24) is 4.90 Å². The fourth-order valence-electron chi connectivity index (χ4n) is 2.92. The molecule has 0 aromatic heterocycles. The summed E-state index contributed by atoms with van der Waals surface area (Å²) >= 11 is 0. The van der Waals surface area contributed by atoms with Crippen LogP contribution in [0.2, 0.25) is 0 Å². The van der Waals surface area contributed by atoms with Gasteiger partial charge >= 0.3 is 0 Å². The van der Waals surface area contributed by atoms with E-state index in [1.807, 2.05) is 4.90 Å². The summed E-state index contributed by atoms with van der Waals surface area (Å²) in [5.74, 6) is 0.148. The maximum absolute atomic E-state index is 12.1. The molecule has 0 radical (unpaired) electrons. The molecule has 0 spiro atoms. The SMILES string of the molecule is NC1CCCCC1OCC(=O)N1CCCCCC1. The van der Waals surface area contributed by atoms with Gasteiger partial charge in [0.25, 0.3) is 0 Å². The maximum atomic E-state index is 12.1. The number of hydrogen-bond donors (Lipinski definition) is 1. The zero-order chi connectivity index (χ0) is 12.8. The van der Waals surface area contributed by atoms with E-state index in [-0.39, 0.29) is 24.7 Å². The van der Waals surface area contributed by atoms with Gasteiger partial charge in [-0.1, -0.05) is 25.7 Å². The number of carbonyl (C=O) groups is 1. The van der Waals surface area contributed by atoms with Gasteiger partial charge in [0.1, 0.15) is 6.61 Å². The Kier molecular flexibility index (Phi) is 5.45. The summed E-state index contributed by atoms with van der Waals surface area (Å²) in [6.45, 7) is 2.02. The van der Waals surface area contributed by atoms with Crippen LogP contribution in [0.5, 0.6) is 0 Å². The molecule has 1 saturated heterocycles. The zero-order valence-electron chi connectivity index (χ0n) is 11.3. The molecule has 2 atom stereocenters. The number of carbonyl (C=O) groups excluding carboxylic acids is 1. The van der Waals surface area contributed by atoms with Crippen molar-refractivity contribution in [3.8, 4) is 0 Å². The van der Waals surface area contributed by atoms with Crippen LogP contribution >= 0.6 is 0 Å². The molecule has 0 bridgehead atoms. The Balaban J connectivity index is 1.72. The predicted molar refractivity (Wildman–Crippen MR) is 71.2 cm³/mol. The lowest BCUT2D eigenvalue weighted by Crippen LogP contribution is -2.42. The Bertz CT molecular complexity index is 263. The van der Waals surface area contributed by atoms with E-state index >= 15 is 0 Å². The van der Waals surface area contributed by atoms with Crippen molar-refractivity contribution < 1.29 is 9.53 Å². The molecular weight excluding hydrogens is 228 g/mol. The lowest BCUT2D eigenvalue weighted by molar-refractivity contribution is -0.139. The monoisotopic (exact) mass is 254 g/mol. The molecule has 104 valence electrons. The third-order valence-electron chi connectivity index (χ3n) is 4.13. The van der Waals surface area contributed by atoms with Gasteiger partial charge in [-0.2, -0.15) is 0 Å². The molecule has 2 unspecified atom stereocenters. The van der Waals surface area contributed by atoms with Crippen molar-refractivity contribution in [2.75, 3.05) is 19.7 Å². The van der Waals surface area contributed by atoms with Gasteiger partial charge in [0, 0.05) is 19.1 Å². The van der Waals surface area contributed by atoms with Crippen LogP contribution in [0.15, 0.2) is 0 Å². The van der Waals surface area contributed by atoms with Gasteiger partial charge in [0.2, 0.25) is 5.91 Å². The molecule has 18 heavy (non-hydrogen) atoms. The van der Waals surface area contributed by atoms with Gasteiger partial charge in [-0.25, -0.2) is 0 Å². The predicted octanol–water partition coefficient (Wildman–Crippen LogP) is 1.68. The van der Waals surface area contributed by atoms with E-state index in [0.29, 0.717) is 0 Å². The molecule has 1 saturated carbocycles. The molecular formula is C14H26N2O2. The van der Waals surface area contributed by atoms with E-state index in [1.54, 1.807) is 0 Å². The molecule has 1 heterocycles. The summed E-state index contributed by atoms with van der Waals surface area (Å²) in [6.07, 6.45) is 9.27. The smallest absolute Gasteiger partial charge is 0.248 e. The number of ether oxygens (including phenoxy) is 1. The molecule has 0 aromatic carbocycles. The van der Waals surface area contributed by atoms with Crippen LogP contribution in [0.4, 0.5) is 0 Å². The molecule has 4 nitrogen and oxygen atoms in total. The normalized spacial score (nSPS) is 29.9. The average Bonchev–Trinajstić information content (AvgIpc) is 2.66. The molecule has 4 heteroatoms. The molecule has 0 aromatic rings. The van der Waals surface area contributed by atoms with Crippen LogP contribution in [0.3, 0.4) is 0 Å². The number of nitrogens with two attached hydrogens (primary N) is 1. The third kappa shape index (κ3) is 3.95. The first-order chi connectivity index (χ1) is 8.77. The van der Waals surface area contributed by atoms with Crippen molar-refractivity contribution in [2.24, 2.45) is 5.73 Å². The maximum Gasteiger partial charge on any atom is 0.248 e. The summed E-state index contributed by atoms with van der Waals surface area (Å²) in [5, 5.41) is 0. The lowest BCUT2D eigenvalue weighted by Gasteiger charge is -2.29. The third-order valence-corrected chi connectivity index (χ3v) is 4.13. The highest BCUT2D eigenvalue weighted by atomic mass is 16.5. The molecule has 2 rings (SSSR count). The van der Waals surface area contributed by atoms with Crippen LogP contribution in [-0.4, -0.2) is 42.6 Å². The minimum Gasteiger partial charge on any atom is -0.367 e. The summed E-state index contributed by atoms with van der Waals surface area (Å²) in [6, 6.07) is 0.121. The Hall–Kier alpha value is -0.610. The summed E-state index contributed by atoms with van der Waals surface area (Å²) in [5.41, 5.74) is 6.02. The van der Waals surface area contributed by atoms with E-state index in [2.05, 4.69) is 0 Å². The largest absolute Gasteiger partial charge is 0.367 e. The second kappa shape index (κ2) is 7.10. The summed E-state index contributed by atoms with van der Waals surface area (Å²) in [7, 11) is 0. The van der Waals surface area contributed by atoms with Crippen LogP contribution in [0.25, 0.3) is 0 Å². The first-order valence-corrected chi connectivity index (χ1v) is 7.42. The van der Waals surface area contributed by atoms with Gasteiger partial charge in [-0.15, -0.1) is 0 Å². The molecule has 1 aliphatic carbocycles. The molecule has 2 aliphatic rings. The standard InChI is InChI=1S/C14H26N2O2/c15-12-7-3-4-8-13(12)18-11-14(17)16-9-5-1-2-6-10-16/h12-13H,1-11,15H2. The highest BCUT2D eigenvalue weighted by Crippen LogP contribution is 2.20. The van der Waals surface area contributed by atoms with Crippen LogP contribution in [0, 0.1) is 0 Å². The molecule has 1 amide bonds. The molecule has 2 N–H and O–H groups in total. The summed E-state index contributed by atoms with van der Waals surface area (Å²) in [4.78, 5) is 14.0.